The summed E-state index contributed by atoms with van der Waals surface area (Å²) in [5, 5.41) is 4.76. The topological polar surface area (TPSA) is 40.7 Å². The molecule has 3 rings (SSSR count). The maximum Gasteiger partial charge on any atom is 0.171 e. The van der Waals surface area contributed by atoms with E-state index in [1.807, 2.05) is 43.4 Å². The van der Waals surface area contributed by atoms with E-state index in [1.165, 1.54) is 0 Å². The molecule has 5 heteroatoms. The van der Waals surface area contributed by atoms with E-state index in [0.717, 1.165) is 38.2 Å². The third kappa shape index (κ3) is 2.82. The lowest BCUT2D eigenvalue weighted by molar-refractivity contribution is 0.817. The van der Waals surface area contributed by atoms with Crippen LogP contribution >= 0.6 is 23.4 Å². The molecule has 0 spiro atoms. The number of hydrogen-bond acceptors (Lipinski definition) is 3. The lowest BCUT2D eigenvalue weighted by Gasteiger charge is -2.05. The van der Waals surface area contributed by atoms with Crippen molar-refractivity contribution in [2.24, 2.45) is 0 Å². The Bertz CT molecular complexity index is 706. The zero-order valence-corrected chi connectivity index (χ0v) is 12.6. The van der Waals surface area contributed by atoms with Crippen LogP contribution in [0.25, 0.3) is 11.0 Å². The van der Waals surface area contributed by atoms with Gasteiger partial charge in [-0.3, -0.25) is 0 Å². The summed E-state index contributed by atoms with van der Waals surface area (Å²) in [5.41, 5.74) is 3.13. The number of benzene rings is 2. The normalized spacial score (nSPS) is 11.1. The molecule has 0 aliphatic heterocycles. The van der Waals surface area contributed by atoms with Crippen molar-refractivity contribution in [3.8, 4) is 0 Å². The van der Waals surface area contributed by atoms with Crippen LogP contribution in [0.4, 0.5) is 0 Å². The molecule has 0 aliphatic carbocycles. The van der Waals surface area contributed by atoms with Crippen LogP contribution in [-0.4, -0.2) is 17.0 Å². The van der Waals surface area contributed by atoms with Gasteiger partial charge in [0.15, 0.2) is 5.16 Å². The van der Waals surface area contributed by atoms with E-state index in [9.17, 15) is 0 Å². The molecule has 1 heterocycles. The van der Waals surface area contributed by atoms with Crippen LogP contribution in [-0.2, 0) is 6.54 Å². The van der Waals surface area contributed by atoms with Gasteiger partial charge in [-0.25, -0.2) is 4.98 Å². The molecule has 20 heavy (non-hydrogen) atoms. The molecule has 0 fully saturated rings. The van der Waals surface area contributed by atoms with Crippen LogP contribution in [0.5, 0.6) is 0 Å². The van der Waals surface area contributed by atoms with Crippen molar-refractivity contribution in [2.45, 2.75) is 16.6 Å². The predicted octanol–water partition coefficient (Wildman–Crippen LogP) is 4.09. The Labute approximate surface area is 126 Å². The number of nitrogens with one attached hydrogen (secondary N) is 2. The average Bonchev–Trinajstić information content (AvgIpc) is 2.84. The van der Waals surface area contributed by atoms with Gasteiger partial charge in [-0.2, -0.15) is 0 Å². The maximum atomic E-state index is 6.27. The van der Waals surface area contributed by atoms with Crippen molar-refractivity contribution >= 4 is 34.4 Å². The Hall–Kier alpha value is -1.49. The van der Waals surface area contributed by atoms with E-state index in [-0.39, 0.29) is 0 Å². The number of halogens is 1. The molecule has 3 aromatic rings. The first-order valence-electron chi connectivity index (χ1n) is 6.32. The third-order valence-corrected chi connectivity index (χ3v) is 4.20. The summed E-state index contributed by atoms with van der Waals surface area (Å²) in [4.78, 5) is 8.93. The van der Waals surface area contributed by atoms with E-state index in [4.69, 9.17) is 11.6 Å². The first-order chi connectivity index (χ1) is 9.76. The molecule has 0 amide bonds. The molecule has 102 valence electrons. The number of aromatic amines is 1. The summed E-state index contributed by atoms with van der Waals surface area (Å²) >= 11 is 7.85. The Morgan fingerprint density at radius 2 is 2.10 bits per heavy atom. The second kappa shape index (κ2) is 5.87. The minimum Gasteiger partial charge on any atom is -0.333 e. The van der Waals surface area contributed by atoms with Gasteiger partial charge >= 0.3 is 0 Å². The van der Waals surface area contributed by atoms with Crippen LogP contribution in [0.3, 0.4) is 0 Å². The first kappa shape index (κ1) is 13.5. The van der Waals surface area contributed by atoms with Crippen molar-refractivity contribution in [2.75, 3.05) is 7.05 Å². The zero-order valence-electron chi connectivity index (χ0n) is 11.0. The Balaban J connectivity index is 1.85. The highest BCUT2D eigenvalue weighted by atomic mass is 35.5. The largest absolute Gasteiger partial charge is 0.333 e. The highest BCUT2D eigenvalue weighted by Gasteiger charge is 2.06. The standard InChI is InChI=1S/C15H14ClN3S/c1-17-9-10-6-7-11(8-12(10)16)20-15-18-13-4-2-3-5-14(13)19-15/h2-8,17H,9H2,1H3,(H,18,19). The molecule has 3 nitrogen and oxygen atoms in total. The van der Waals surface area contributed by atoms with Crippen LogP contribution in [0, 0.1) is 0 Å². The smallest absolute Gasteiger partial charge is 0.171 e. The lowest BCUT2D eigenvalue weighted by Crippen LogP contribution is -2.05. The number of nitrogens with zero attached hydrogens (tertiary/aromatic N) is 1. The number of H-pyrrole nitrogens is 1. The van der Waals surface area contributed by atoms with Crippen molar-refractivity contribution in [3.63, 3.8) is 0 Å². The monoisotopic (exact) mass is 303 g/mol. The average molecular weight is 304 g/mol. The number of para-hydroxylation sites is 2. The first-order valence-corrected chi connectivity index (χ1v) is 7.51. The summed E-state index contributed by atoms with van der Waals surface area (Å²) in [6.07, 6.45) is 0. The van der Waals surface area contributed by atoms with E-state index in [2.05, 4.69) is 21.4 Å². The highest BCUT2D eigenvalue weighted by Crippen LogP contribution is 2.30. The van der Waals surface area contributed by atoms with Crippen molar-refractivity contribution in [1.29, 1.82) is 0 Å². The summed E-state index contributed by atoms with van der Waals surface area (Å²) in [6.45, 7) is 0.772. The summed E-state index contributed by atoms with van der Waals surface area (Å²) in [5.74, 6) is 0. The van der Waals surface area contributed by atoms with E-state index >= 15 is 0 Å². The molecule has 1 aromatic heterocycles. The SMILES string of the molecule is CNCc1ccc(Sc2nc3ccccc3[nH]2)cc1Cl. The van der Waals surface area contributed by atoms with Crippen LogP contribution in [0.15, 0.2) is 52.5 Å². The quantitative estimate of drug-likeness (QED) is 0.763. The fourth-order valence-corrected chi connectivity index (χ4v) is 3.17. The van der Waals surface area contributed by atoms with Gasteiger partial charge in [0.05, 0.1) is 11.0 Å². The minimum absolute atomic E-state index is 0.772. The van der Waals surface area contributed by atoms with Crippen LogP contribution in [0.1, 0.15) is 5.56 Å². The van der Waals surface area contributed by atoms with E-state index in [0.29, 0.717) is 0 Å². The van der Waals surface area contributed by atoms with Gasteiger partial charge in [-0.05, 0) is 36.9 Å². The number of imidazole rings is 1. The van der Waals surface area contributed by atoms with Gasteiger partial charge in [0.2, 0.25) is 0 Å². The molecule has 0 radical (unpaired) electrons. The van der Waals surface area contributed by atoms with Gasteiger partial charge in [0.25, 0.3) is 0 Å². The van der Waals surface area contributed by atoms with Crippen molar-refractivity contribution < 1.29 is 0 Å². The zero-order chi connectivity index (χ0) is 13.9. The second-order valence-electron chi connectivity index (χ2n) is 4.44. The molecular weight excluding hydrogens is 290 g/mol. The summed E-state index contributed by atoms with van der Waals surface area (Å²) in [7, 11) is 1.91. The molecule has 0 saturated carbocycles. The van der Waals surface area contributed by atoms with E-state index in [1.54, 1.807) is 11.8 Å². The van der Waals surface area contributed by atoms with Crippen molar-refractivity contribution in [1.82, 2.24) is 15.3 Å². The third-order valence-electron chi connectivity index (χ3n) is 2.97. The maximum absolute atomic E-state index is 6.27. The van der Waals surface area contributed by atoms with Crippen LogP contribution in [0.2, 0.25) is 5.02 Å². The molecule has 0 aliphatic rings. The number of fused-ring (bicyclic) bond motifs is 1. The number of hydrogen-bond donors (Lipinski definition) is 2. The summed E-state index contributed by atoms with van der Waals surface area (Å²) in [6, 6.07) is 14.1. The Morgan fingerprint density at radius 1 is 1.25 bits per heavy atom. The number of rotatable bonds is 4. The lowest BCUT2D eigenvalue weighted by atomic mass is 10.2. The van der Waals surface area contributed by atoms with Gasteiger partial charge in [0, 0.05) is 16.5 Å². The molecule has 0 unspecified atom stereocenters. The fraction of sp³-hybridized carbons (Fsp3) is 0.133. The van der Waals surface area contributed by atoms with Gasteiger partial charge in [-0.1, -0.05) is 41.6 Å². The Kier molecular flexibility index (Phi) is 3.96. The predicted molar refractivity (Wildman–Crippen MR) is 84.4 cm³/mol. The van der Waals surface area contributed by atoms with Gasteiger partial charge in [-0.15, -0.1) is 0 Å². The molecule has 0 atom stereocenters. The van der Waals surface area contributed by atoms with Crippen LogP contribution < -0.4 is 5.32 Å². The van der Waals surface area contributed by atoms with Gasteiger partial charge < -0.3 is 10.3 Å². The summed E-state index contributed by atoms with van der Waals surface area (Å²) < 4.78 is 0. The van der Waals surface area contributed by atoms with Gasteiger partial charge in [0.1, 0.15) is 0 Å². The molecule has 0 bridgehead atoms. The Morgan fingerprint density at radius 3 is 2.85 bits per heavy atom. The number of aromatic nitrogens is 2. The van der Waals surface area contributed by atoms with Crippen molar-refractivity contribution in [3.05, 3.63) is 53.1 Å². The molecular formula is C15H14ClN3S. The molecule has 2 aromatic carbocycles. The molecule has 2 N–H and O–H groups in total. The fourth-order valence-electron chi connectivity index (χ4n) is 2.01. The van der Waals surface area contributed by atoms with E-state index < -0.39 is 0 Å². The highest BCUT2D eigenvalue weighted by molar-refractivity contribution is 7.99. The second-order valence-corrected chi connectivity index (χ2v) is 5.91. The molecule has 0 saturated heterocycles. The minimum atomic E-state index is 0.772.